The van der Waals surface area contributed by atoms with Crippen LogP contribution in [0.3, 0.4) is 0 Å². The van der Waals surface area contributed by atoms with Crippen molar-refractivity contribution in [2.45, 2.75) is 51.9 Å². The minimum atomic E-state index is -0.215. The zero-order chi connectivity index (χ0) is 19.0. The molecule has 1 aliphatic rings. The molecule has 0 aromatic carbocycles. The number of carbonyl (C=O) groups excluding carboxylic acids is 1. The van der Waals surface area contributed by atoms with Crippen molar-refractivity contribution in [3.05, 3.63) is 45.1 Å². The maximum Gasteiger partial charge on any atom is 0.255 e. The Morgan fingerprint density at radius 2 is 2.08 bits per heavy atom. The number of thioether (sulfide) groups is 1. The molecule has 0 saturated carbocycles. The first-order chi connectivity index (χ1) is 12.3. The Kier molecular flexibility index (Phi) is 5.27. The number of nitrogens with zero attached hydrogens (tertiary/aromatic N) is 3. The normalized spacial score (nSPS) is 16.8. The van der Waals surface area contributed by atoms with Crippen molar-refractivity contribution in [3.8, 4) is 0 Å². The van der Waals surface area contributed by atoms with Crippen molar-refractivity contribution in [1.82, 2.24) is 19.4 Å². The predicted molar refractivity (Wildman–Crippen MR) is 104 cm³/mol. The number of H-pyrrole nitrogens is 1. The molecule has 1 atom stereocenters. The van der Waals surface area contributed by atoms with Crippen LogP contribution in [0, 0.1) is 19.8 Å². The predicted octanol–water partition coefficient (Wildman–Crippen LogP) is 2.69. The Balaban J connectivity index is 1.89. The van der Waals surface area contributed by atoms with E-state index in [-0.39, 0.29) is 23.9 Å². The molecular formula is C19H26N4O2S. The minimum Gasteiger partial charge on any atom is -0.345 e. The molecule has 1 amide bonds. The van der Waals surface area contributed by atoms with Gasteiger partial charge in [0.25, 0.3) is 5.56 Å². The van der Waals surface area contributed by atoms with E-state index in [2.05, 4.69) is 47.4 Å². The van der Waals surface area contributed by atoms with Gasteiger partial charge in [0.05, 0.1) is 12.5 Å². The maximum absolute atomic E-state index is 13.1. The van der Waals surface area contributed by atoms with Gasteiger partial charge >= 0.3 is 0 Å². The molecule has 140 valence electrons. The second kappa shape index (κ2) is 7.31. The standard InChI is InChI=1S/C19H26N4O2S/c1-11(2)17-15-7-6-12(3)22(15)8-9-23(17)16(24)10-14-13(4)20-19(26-5)21-18(14)25/h6-7,11,17H,8-10H2,1-5H3,(H,20,21,25)/t17-/m0/s1. The van der Waals surface area contributed by atoms with Crippen molar-refractivity contribution >= 4 is 17.7 Å². The second-order valence-electron chi connectivity index (χ2n) is 7.14. The van der Waals surface area contributed by atoms with Crippen LogP contribution in [0.2, 0.25) is 0 Å². The number of aryl methyl sites for hydroxylation is 2. The largest absolute Gasteiger partial charge is 0.345 e. The highest BCUT2D eigenvalue weighted by atomic mass is 32.2. The Labute approximate surface area is 158 Å². The molecule has 7 heteroatoms. The molecule has 6 nitrogen and oxygen atoms in total. The monoisotopic (exact) mass is 374 g/mol. The summed E-state index contributed by atoms with van der Waals surface area (Å²) < 4.78 is 2.29. The van der Waals surface area contributed by atoms with E-state index < -0.39 is 0 Å². The Hall–Kier alpha value is -2.02. The van der Waals surface area contributed by atoms with Crippen LogP contribution in [0.15, 0.2) is 22.1 Å². The number of hydrogen-bond acceptors (Lipinski definition) is 4. The molecule has 0 radical (unpaired) electrons. The number of rotatable bonds is 4. The summed E-state index contributed by atoms with van der Waals surface area (Å²) in [6.07, 6.45) is 1.95. The molecule has 0 spiro atoms. The van der Waals surface area contributed by atoms with Gasteiger partial charge < -0.3 is 14.5 Å². The first-order valence-corrected chi connectivity index (χ1v) is 10.1. The average molecular weight is 375 g/mol. The molecule has 3 rings (SSSR count). The van der Waals surface area contributed by atoms with Crippen LogP contribution >= 0.6 is 11.8 Å². The fourth-order valence-electron chi connectivity index (χ4n) is 3.78. The third-order valence-electron chi connectivity index (χ3n) is 5.11. The van der Waals surface area contributed by atoms with Crippen LogP contribution in [0.25, 0.3) is 0 Å². The van der Waals surface area contributed by atoms with E-state index in [1.54, 1.807) is 6.92 Å². The van der Waals surface area contributed by atoms with E-state index in [0.29, 0.717) is 28.9 Å². The number of aromatic amines is 1. The highest BCUT2D eigenvalue weighted by molar-refractivity contribution is 7.98. The molecule has 0 aliphatic carbocycles. The fourth-order valence-corrected chi connectivity index (χ4v) is 4.21. The topological polar surface area (TPSA) is 71.0 Å². The molecule has 3 heterocycles. The van der Waals surface area contributed by atoms with Gasteiger partial charge in [-0.05, 0) is 38.2 Å². The first kappa shape index (κ1) is 18.8. The van der Waals surface area contributed by atoms with Crippen molar-refractivity contribution in [2.24, 2.45) is 5.92 Å². The third kappa shape index (κ3) is 3.32. The van der Waals surface area contributed by atoms with Gasteiger partial charge in [0.1, 0.15) is 0 Å². The Bertz CT molecular complexity index is 884. The maximum atomic E-state index is 13.1. The minimum absolute atomic E-state index is 0.0129. The molecule has 2 aromatic heterocycles. The van der Waals surface area contributed by atoms with Crippen LogP contribution in [0.5, 0.6) is 0 Å². The first-order valence-electron chi connectivity index (χ1n) is 8.92. The Morgan fingerprint density at radius 1 is 1.35 bits per heavy atom. The summed E-state index contributed by atoms with van der Waals surface area (Å²) in [7, 11) is 0. The van der Waals surface area contributed by atoms with Gasteiger partial charge in [-0.1, -0.05) is 25.6 Å². The quantitative estimate of drug-likeness (QED) is 0.660. The summed E-state index contributed by atoms with van der Waals surface area (Å²) >= 11 is 1.39. The van der Waals surface area contributed by atoms with E-state index in [4.69, 9.17) is 0 Å². The zero-order valence-electron chi connectivity index (χ0n) is 16.0. The number of hydrogen-bond donors (Lipinski definition) is 1. The molecule has 2 aromatic rings. The number of amides is 1. The van der Waals surface area contributed by atoms with Crippen molar-refractivity contribution in [1.29, 1.82) is 0 Å². The second-order valence-corrected chi connectivity index (χ2v) is 7.94. The lowest BCUT2D eigenvalue weighted by atomic mass is 9.96. The molecule has 0 unspecified atom stereocenters. The van der Waals surface area contributed by atoms with E-state index in [0.717, 1.165) is 6.54 Å². The van der Waals surface area contributed by atoms with Crippen LogP contribution < -0.4 is 5.56 Å². The summed E-state index contributed by atoms with van der Waals surface area (Å²) in [4.78, 5) is 34.5. The molecule has 0 fully saturated rings. The fraction of sp³-hybridized carbons (Fsp3) is 0.526. The molecule has 0 saturated heterocycles. The van der Waals surface area contributed by atoms with E-state index in [1.807, 2.05) is 11.2 Å². The number of nitrogens with one attached hydrogen (secondary N) is 1. The van der Waals surface area contributed by atoms with Gasteiger partial charge in [0, 0.05) is 35.7 Å². The van der Waals surface area contributed by atoms with Gasteiger partial charge in [-0.2, -0.15) is 0 Å². The molecule has 1 aliphatic heterocycles. The van der Waals surface area contributed by atoms with Crippen molar-refractivity contribution in [2.75, 3.05) is 12.8 Å². The highest BCUT2D eigenvalue weighted by Crippen LogP contribution is 2.33. The number of fused-ring (bicyclic) bond motifs is 1. The molecule has 26 heavy (non-hydrogen) atoms. The third-order valence-corrected chi connectivity index (χ3v) is 5.69. The lowest BCUT2D eigenvalue weighted by molar-refractivity contribution is -0.135. The molecule has 1 N–H and O–H groups in total. The SMILES string of the molecule is CSc1nc(C)c(CC(=O)N2CCn3c(C)ccc3[C@@H]2C(C)C)c(=O)[nH]1. The van der Waals surface area contributed by atoms with Crippen LogP contribution in [-0.4, -0.2) is 38.1 Å². The summed E-state index contributed by atoms with van der Waals surface area (Å²) in [5, 5.41) is 0.579. The van der Waals surface area contributed by atoms with E-state index in [9.17, 15) is 9.59 Å². The van der Waals surface area contributed by atoms with Gasteiger partial charge in [-0.25, -0.2) is 4.98 Å². The highest BCUT2D eigenvalue weighted by Gasteiger charge is 2.34. The van der Waals surface area contributed by atoms with Crippen LogP contribution in [0.1, 0.15) is 42.5 Å². The summed E-state index contributed by atoms with van der Waals surface area (Å²) in [5.74, 6) is 0.282. The summed E-state index contributed by atoms with van der Waals surface area (Å²) in [6, 6.07) is 4.26. The number of aromatic nitrogens is 3. The Morgan fingerprint density at radius 3 is 2.69 bits per heavy atom. The lowest BCUT2D eigenvalue weighted by Crippen LogP contribution is -2.45. The van der Waals surface area contributed by atoms with E-state index >= 15 is 0 Å². The smallest absolute Gasteiger partial charge is 0.255 e. The van der Waals surface area contributed by atoms with Crippen molar-refractivity contribution < 1.29 is 4.79 Å². The summed E-state index contributed by atoms with van der Waals surface area (Å²) in [5.41, 5.74) is 3.28. The van der Waals surface area contributed by atoms with Crippen molar-refractivity contribution in [3.63, 3.8) is 0 Å². The molecule has 0 bridgehead atoms. The summed E-state index contributed by atoms with van der Waals surface area (Å²) in [6.45, 7) is 9.62. The van der Waals surface area contributed by atoms with Gasteiger partial charge in [0.15, 0.2) is 5.16 Å². The van der Waals surface area contributed by atoms with Crippen LogP contribution in [-0.2, 0) is 17.8 Å². The van der Waals surface area contributed by atoms with Gasteiger partial charge in [-0.3, -0.25) is 9.59 Å². The van der Waals surface area contributed by atoms with Gasteiger partial charge in [0.2, 0.25) is 5.91 Å². The average Bonchev–Trinajstić information content (AvgIpc) is 2.97. The van der Waals surface area contributed by atoms with Crippen LogP contribution in [0.4, 0.5) is 0 Å². The number of carbonyl (C=O) groups is 1. The zero-order valence-corrected chi connectivity index (χ0v) is 16.8. The van der Waals surface area contributed by atoms with E-state index in [1.165, 1.54) is 23.1 Å². The lowest BCUT2D eigenvalue weighted by Gasteiger charge is -2.40. The van der Waals surface area contributed by atoms with Gasteiger partial charge in [-0.15, -0.1) is 0 Å². The molecular weight excluding hydrogens is 348 g/mol.